The highest BCUT2D eigenvalue weighted by Gasteiger charge is 2.30. The van der Waals surface area contributed by atoms with Crippen LogP contribution < -0.4 is 4.90 Å². The lowest BCUT2D eigenvalue weighted by atomic mass is 10.3. The van der Waals surface area contributed by atoms with Gasteiger partial charge in [-0.25, -0.2) is 9.78 Å². The molecule has 2 heterocycles. The third-order valence-electron chi connectivity index (χ3n) is 2.94. The molecule has 1 N–H and O–H groups in total. The minimum Gasteiger partial charge on any atom is -0.480 e. The molecule has 1 fully saturated rings. The van der Waals surface area contributed by atoms with Crippen molar-refractivity contribution >= 4 is 44.4 Å². The van der Waals surface area contributed by atoms with E-state index in [-0.39, 0.29) is 0 Å². The van der Waals surface area contributed by atoms with E-state index in [0.29, 0.717) is 5.75 Å². The summed E-state index contributed by atoms with van der Waals surface area (Å²) >= 11 is 3.26. The molecule has 0 radical (unpaired) electrons. The number of anilines is 1. The average molecular weight is 280 g/mol. The van der Waals surface area contributed by atoms with Crippen LogP contribution in [0.15, 0.2) is 24.3 Å². The van der Waals surface area contributed by atoms with Crippen molar-refractivity contribution in [1.29, 1.82) is 0 Å². The molecule has 1 atom stereocenters. The zero-order valence-corrected chi connectivity index (χ0v) is 11.2. The average Bonchev–Trinajstić information content (AvgIpc) is 2.82. The summed E-state index contributed by atoms with van der Waals surface area (Å²) in [5.74, 6) is 0.826. The van der Waals surface area contributed by atoms with Crippen LogP contribution in [0.1, 0.15) is 0 Å². The highest BCUT2D eigenvalue weighted by atomic mass is 32.2. The molecule has 1 saturated heterocycles. The summed E-state index contributed by atoms with van der Waals surface area (Å²) in [4.78, 5) is 17.7. The lowest BCUT2D eigenvalue weighted by molar-refractivity contribution is -0.138. The van der Waals surface area contributed by atoms with Crippen molar-refractivity contribution in [2.45, 2.75) is 6.04 Å². The van der Waals surface area contributed by atoms with Crippen molar-refractivity contribution in [3.63, 3.8) is 0 Å². The second kappa shape index (κ2) is 4.78. The second-order valence-corrected chi connectivity index (χ2v) is 6.25. The Labute approximate surface area is 113 Å². The summed E-state index contributed by atoms with van der Waals surface area (Å²) in [6, 6.07) is 7.45. The highest BCUT2D eigenvalue weighted by molar-refractivity contribution is 7.99. The van der Waals surface area contributed by atoms with Gasteiger partial charge in [0.2, 0.25) is 0 Å². The summed E-state index contributed by atoms with van der Waals surface area (Å²) in [5.41, 5.74) is 0.944. The van der Waals surface area contributed by atoms with Gasteiger partial charge >= 0.3 is 5.97 Å². The number of carboxylic acid groups (broad SMARTS) is 1. The number of nitrogens with zero attached hydrogens (tertiary/aromatic N) is 2. The largest absolute Gasteiger partial charge is 0.480 e. The third-order valence-corrected chi connectivity index (χ3v) is 5.04. The first kappa shape index (κ1) is 11.8. The van der Waals surface area contributed by atoms with Crippen LogP contribution in [-0.2, 0) is 4.79 Å². The highest BCUT2D eigenvalue weighted by Crippen LogP contribution is 2.32. The lowest BCUT2D eigenvalue weighted by Crippen LogP contribution is -2.47. The Kier molecular flexibility index (Phi) is 3.13. The van der Waals surface area contributed by atoms with Gasteiger partial charge in [0.25, 0.3) is 0 Å². The van der Waals surface area contributed by atoms with Gasteiger partial charge in [-0.05, 0) is 12.1 Å². The zero-order valence-electron chi connectivity index (χ0n) is 9.57. The molecule has 3 rings (SSSR count). The van der Waals surface area contributed by atoms with Crippen LogP contribution in [-0.4, -0.2) is 40.2 Å². The molecule has 0 amide bonds. The minimum atomic E-state index is -0.763. The van der Waals surface area contributed by atoms with Crippen molar-refractivity contribution in [2.24, 2.45) is 0 Å². The van der Waals surface area contributed by atoms with Crippen LogP contribution in [0.2, 0.25) is 0 Å². The summed E-state index contributed by atoms with van der Waals surface area (Å²) in [6.45, 7) is 0.751. The van der Waals surface area contributed by atoms with E-state index in [9.17, 15) is 9.90 Å². The Morgan fingerprint density at radius 2 is 2.28 bits per heavy atom. The molecule has 0 saturated carbocycles. The number of hydrogen-bond donors (Lipinski definition) is 1. The Morgan fingerprint density at radius 3 is 3.06 bits per heavy atom. The Morgan fingerprint density at radius 1 is 1.44 bits per heavy atom. The molecule has 2 aromatic rings. The van der Waals surface area contributed by atoms with E-state index >= 15 is 0 Å². The first-order chi connectivity index (χ1) is 8.75. The normalized spacial score (nSPS) is 20.2. The quantitative estimate of drug-likeness (QED) is 0.915. The number of thiazole rings is 1. The first-order valence-electron chi connectivity index (χ1n) is 5.68. The van der Waals surface area contributed by atoms with Gasteiger partial charge in [0.15, 0.2) is 5.13 Å². The van der Waals surface area contributed by atoms with E-state index in [4.69, 9.17) is 0 Å². The number of aliphatic carboxylic acids is 1. The van der Waals surface area contributed by atoms with Crippen molar-refractivity contribution in [1.82, 2.24) is 4.98 Å². The van der Waals surface area contributed by atoms with Crippen LogP contribution in [0.4, 0.5) is 5.13 Å². The standard InChI is InChI=1S/C12H12N2O2S2/c15-11(16)9-7-17-6-5-14(9)12-13-8-3-1-2-4-10(8)18-12/h1-4,9H,5-7H2,(H,15,16). The van der Waals surface area contributed by atoms with Crippen molar-refractivity contribution in [3.8, 4) is 0 Å². The van der Waals surface area contributed by atoms with E-state index < -0.39 is 12.0 Å². The Hall–Kier alpha value is -1.27. The summed E-state index contributed by atoms with van der Waals surface area (Å²) in [6.07, 6.45) is 0. The molecular formula is C12H12N2O2S2. The maximum Gasteiger partial charge on any atom is 0.327 e. The molecule has 94 valence electrons. The van der Waals surface area contributed by atoms with Gasteiger partial charge in [0, 0.05) is 18.1 Å². The molecule has 4 nitrogen and oxygen atoms in total. The molecule has 0 spiro atoms. The fourth-order valence-corrected chi connectivity index (χ4v) is 4.10. The summed E-state index contributed by atoms with van der Waals surface area (Å²) < 4.78 is 1.11. The predicted molar refractivity (Wildman–Crippen MR) is 75.7 cm³/mol. The van der Waals surface area contributed by atoms with Gasteiger partial charge in [-0.15, -0.1) is 0 Å². The van der Waals surface area contributed by atoms with Crippen molar-refractivity contribution in [2.75, 3.05) is 23.0 Å². The van der Waals surface area contributed by atoms with Gasteiger partial charge in [0.05, 0.1) is 10.2 Å². The van der Waals surface area contributed by atoms with Crippen LogP contribution in [0, 0.1) is 0 Å². The maximum absolute atomic E-state index is 11.3. The Bertz CT molecular complexity index is 551. The monoisotopic (exact) mass is 280 g/mol. The third kappa shape index (κ3) is 2.06. The molecule has 1 aliphatic heterocycles. The van der Waals surface area contributed by atoms with Crippen LogP contribution >= 0.6 is 23.1 Å². The number of fused-ring (bicyclic) bond motifs is 1. The van der Waals surface area contributed by atoms with Crippen molar-refractivity contribution < 1.29 is 9.90 Å². The van der Waals surface area contributed by atoms with Crippen LogP contribution in [0.3, 0.4) is 0 Å². The number of rotatable bonds is 2. The van der Waals surface area contributed by atoms with Crippen molar-refractivity contribution in [3.05, 3.63) is 24.3 Å². The summed E-state index contributed by atoms with van der Waals surface area (Å²) in [7, 11) is 0. The van der Waals surface area contributed by atoms with Gasteiger partial charge in [-0.3, -0.25) is 0 Å². The molecule has 1 aliphatic rings. The zero-order chi connectivity index (χ0) is 12.5. The van der Waals surface area contributed by atoms with E-state index in [1.54, 1.807) is 23.1 Å². The van der Waals surface area contributed by atoms with E-state index in [2.05, 4.69) is 4.98 Å². The smallest absolute Gasteiger partial charge is 0.327 e. The molecule has 1 aromatic carbocycles. The first-order valence-corrected chi connectivity index (χ1v) is 7.65. The maximum atomic E-state index is 11.3. The fraction of sp³-hybridized carbons (Fsp3) is 0.333. The van der Waals surface area contributed by atoms with E-state index in [0.717, 1.165) is 27.6 Å². The second-order valence-electron chi connectivity index (χ2n) is 4.09. The SMILES string of the molecule is O=C(O)C1CSCCN1c1nc2ccccc2s1. The lowest BCUT2D eigenvalue weighted by Gasteiger charge is -2.32. The van der Waals surface area contributed by atoms with Gasteiger partial charge in [-0.2, -0.15) is 11.8 Å². The van der Waals surface area contributed by atoms with Gasteiger partial charge in [0.1, 0.15) is 6.04 Å². The van der Waals surface area contributed by atoms with E-state index in [1.165, 1.54) is 0 Å². The number of hydrogen-bond acceptors (Lipinski definition) is 5. The summed E-state index contributed by atoms with van der Waals surface area (Å²) in [5, 5.41) is 10.1. The molecule has 6 heteroatoms. The Balaban J connectivity index is 1.98. The number of carbonyl (C=O) groups is 1. The molecule has 0 aliphatic carbocycles. The fourth-order valence-electron chi connectivity index (χ4n) is 2.02. The number of aromatic nitrogens is 1. The van der Waals surface area contributed by atoms with E-state index in [1.807, 2.05) is 29.2 Å². The molecule has 18 heavy (non-hydrogen) atoms. The van der Waals surface area contributed by atoms with Crippen LogP contribution in [0.5, 0.6) is 0 Å². The molecular weight excluding hydrogens is 268 g/mol. The van der Waals surface area contributed by atoms with Crippen LogP contribution in [0.25, 0.3) is 10.2 Å². The molecule has 1 unspecified atom stereocenters. The topological polar surface area (TPSA) is 53.4 Å². The number of thioether (sulfide) groups is 1. The predicted octanol–water partition coefficient (Wildman–Crippen LogP) is 2.30. The van der Waals surface area contributed by atoms with Gasteiger partial charge in [-0.1, -0.05) is 23.5 Å². The molecule has 1 aromatic heterocycles. The number of benzene rings is 1. The number of carboxylic acids is 1. The minimum absolute atomic E-state index is 0.454. The van der Waals surface area contributed by atoms with Gasteiger partial charge < -0.3 is 10.0 Å². The number of para-hydroxylation sites is 1. The molecule has 0 bridgehead atoms.